The van der Waals surface area contributed by atoms with Crippen molar-refractivity contribution in [1.82, 2.24) is 10.6 Å². The van der Waals surface area contributed by atoms with Crippen LogP contribution < -0.4 is 15.4 Å². The summed E-state index contributed by atoms with van der Waals surface area (Å²) in [5.74, 6) is 0.666. The van der Waals surface area contributed by atoms with E-state index in [0.29, 0.717) is 19.4 Å². The van der Waals surface area contributed by atoms with Crippen LogP contribution in [0.5, 0.6) is 5.75 Å². The average molecular weight is 345 g/mol. The standard InChI is InChI=1S/C19H27N3O3/c1-3-15-12-17(25-22-15)13-21-18(23)19(8-10-20-11-9-19)24-16-6-4-14(2)5-7-16/h4-7,17,20H,3,8-13H2,1-2H3,(H,21,23)/t17-/m0/s1. The van der Waals surface area contributed by atoms with Crippen LogP contribution in [0.15, 0.2) is 29.4 Å². The second kappa shape index (κ2) is 7.87. The number of benzene rings is 1. The van der Waals surface area contributed by atoms with E-state index in [2.05, 4.69) is 22.7 Å². The summed E-state index contributed by atoms with van der Waals surface area (Å²) >= 11 is 0. The summed E-state index contributed by atoms with van der Waals surface area (Å²) in [6, 6.07) is 7.84. The molecule has 0 aromatic heterocycles. The summed E-state index contributed by atoms with van der Waals surface area (Å²) in [7, 11) is 0. The van der Waals surface area contributed by atoms with Crippen molar-refractivity contribution in [2.45, 2.75) is 51.2 Å². The fourth-order valence-corrected chi connectivity index (χ4v) is 3.21. The third kappa shape index (κ3) is 4.31. The molecule has 0 radical (unpaired) electrons. The van der Waals surface area contributed by atoms with Gasteiger partial charge in [-0.25, -0.2) is 0 Å². The van der Waals surface area contributed by atoms with Crippen molar-refractivity contribution in [3.63, 3.8) is 0 Å². The van der Waals surface area contributed by atoms with E-state index in [4.69, 9.17) is 9.57 Å². The number of amides is 1. The highest BCUT2D eigenvalue weighted by Gasteiger charge is 2.42. The van der Waals surface area contributed by atoms with Crippen molar-refractivity contribution in [2.75, 3.05) is 19.6 Å². The lowest BCUT2D eigenvalue weighted by Crippen LogP contribution is -2.57. The zero-order chi connectivity index (χ0) is 17.7. The number of hydrogen-bond acceptors (Lipinski definition) is 5. The molecule has 0 bridgehead atoms. The van der Waals surface area contributed by atoms with Crippen LogP contribution in [0.25, 0.3) is 0 Å². The maximum absolute atomic E-state index is 12.9. The van der Waals surface area contributed by atoms with Gasteiger partial charge in [0.1, 0.15) is 11.9 Å². The molecule has 2 N–H and O–H groups in total. The SMILES string of the molecule is CCC1=NO[C@H](CNC(=O)C2(Oc3ccc(C)cc3)CCNCC2)C1. The highest BCUT2D eigenvalue weighted by Crippen LogP contribution is 2.27. The molecule has 0 saturated carbocycles. The zero-order valence-electron chi connectivity index (χ0n) is 15.0. The molecule has 1 amide bonds. The summed E-state index contributed by atoms with van der Waals surface area (Å²) in [5, 5.41) is 10.4. The van der Waals surface area contributed by atoms with Gasteiger partial charge in [-0.2, -0.15) is 0 Å². The summed E-state index contributed by atoms with van der Waals surface area (Å²) < 4.78 is 6.20. The molecule has 2 aliphatic heterocycles. The molecular formula is C19H27N3O3. The molecular weight excluding hydrogens is 318 g/mol. The van der Waals surface area contributed by atoms with E-state index in [1.54, 1.807) is 0 Å². The van der Waals surface area contributed by atoms with E-state index in [-0.39, 0.29) is 12.0 Å². The Morgan fingerprint density at radius 1 is 1.36 bits per heavy atom. The Balaban J connectivity index is 1.63. The van der Waals surface area contributed by atoms with Gasteiger partial charge in [-0.15, -0.1) is 0 Å². The van der Waals surface area contributed by atoms with Gasteiger partial charge < -0.3 is 20.2 Å². The lowest BCUT2D eigenvalue weighted by atomic mass is 9.90. The number of hydrogen-bond donors (Lipinski definition) is 2. The van der Waals surface area contributed by atoms with Crippen LogP contribution in [0.3, 0.4) is 0 Å². The van der Waals surface area contributed by atoms with Crippen molar-refractivity contribution < 1.29 is 14.4 Å². The molecule has 1 fully saturated rings. The maximum atomic E-state index is 12.9. The molecule has 2 heterocycles. The average Bonchev–Trinajstić information content (AvgIpc) is 3.10. The molecule has 1 saturated heterocycles. The van der Waals surface area contributed by atoms with Gasteiger partial charge >= 0.3 is 0 Å². The number of oxime groups is 1. The van der Waals surface area contributed by atoms with Crippen LogP contribution >= 0.6 is 0 Å². The first kappa shape index (κ1) is 17.7. The Morgan fingerprint density at radius 3 is 2.72 bits per heavy atom. The number of carbonyl (C=O) groups is 1. The fourth-order valence-electron chi connectivity index (χ4n) is 3.21. The largest absolute Gasteiger partial charge is 0.477 e. The number of aryl methyl sites for hydroxylation is 1. The molecule has 6 heteroatoms. The highest BCUT2D eigenvalue weighted by molar-refractivity contribution is 5.87. The minimum absolute atomic E-state index is 0.0666. The Kier molecular flexibility index (Phi) is 5.58. The van der Waals surface area contributed by atoms with Gasteiger partial charge in [0.25, 0.3) is 5.91 Å². The number of ether oxygens (including phenoxy) is 1. The Labute approximate surface area is 149 Å². The monoisotopic (exact) mass is 345 g/mol. The summed E-state index contributed by atoms with van der Waals surface area (Å²) in [4.78, 5) is 18.3. The number of carbonyl (C=O) groups excluding carboxylic acids is 1. The number of piperidine rings is 1. The number of nitrogens with one attached hydrogen (secondary N) is 2. The van der Waals surface area contributed by atoms with Crippen molar-refractivity contribution in [3.05, 3.63) is 29.8 Å². The topological polar surface area (TPSA) is 72.0 Å². The van der Waals surface area contributed by atoms with Gasteiger partial charge in [0.15, 0.2) is 5.60 Å². The third-order valence-corrected chi connectivity index (χ3v) is 4.85. The normalized spacial score (nSPS) is 22.0. The first-order valence-corrected chi connectivity index (χ1v) is 9.07. The van der Waals surface area contributed by atoms with Crippen molar-refractivity contribution in [1.29, 1.82) is 0 Å². The molecule has 25 heavy (non-hydrogen) atoms. The van der Waals surface area contributed by atoms with Crippen LogP contribution in [0, 0.1) is 6.92 Å². The molecule has 136 valence electrons. The van der Waals surface area contributed by atoms with Crippen LogP contribution in [0.4, 0.5) is 0 Å². The predicted molar refractivity (Wildman–Crippen MR) is 96.9 cm³/mol. The molecule has 0 unspecified atom stereocenters. The first-order valence-electron chi connectivity index (χ1n) is 9.07. The second-order valence-electron chi connectivity index (χ2n) is 6.81. The molecule has 1 aromatic carbocycles. The molecule has 6 nitrogen and oxygen atoms in total. The minimum atomic E-state index is -0.826. The van der Waals surface area contributed by atoms with E-state index in [9.17, 15) is 4.79 Å². The van der Waals surface area contributed by atoms with E-state index in [1.807, 2.05) is 31.2 Å². The van der Waals surface area contributed by atoms with Crippen molar-refractivity contribution in [2.24, 2.45) is 5.16 Å². The number of nitrogens with zero attached hydrogens (tertiary/aromatic N) is 1. The third-order valence-electron chi connectivity index (χ3n) is 4.85. The van der Waals surface area contributed by atoms with Gasteiger partial charge in [-0.3, -0.25) is 4.79 Å². The van der Waals surface area contributed by atoms with Gasteiger partial charge in [0.2, 0.25) is 0 Å². The maximum Gasteiger partial charge on any atom is 0.264 e. The lowest BCUT2D eigenvalue weighted by molar-refractivity contribution is -0.139. The van der Waals surface area contributed by atoms with Crippen molar-refractivity contribution >= 4 is 11.6 Å². The quantitative estimate of drug-likeness (QED) is 0.829. The van der Waals surface area contributed by atoms with E-state index in [0.717, 1.165) is 37.4 Å². The summed E-state index contributed by atoms with van der Waals surface area (Å²) in [6.45, 7) is 6.08. The molecule has 1 aromatic rings. The van der Waals surface area contributed by atoms with Gasteiger partial charge in [-0.1, -0.05) is 29.8 Å². The summed E-state index contributed by atoms with van der Waals surface area (Å²) in [6.07, 6.45) is 2.89. The van der Waals surface area contributed by atoms with Gasteiger partial charge in [0, 0.05) is 19.3 Å². The molecule has 1 atom stereocenters. The predicted octanol–water partition coefficient (Wildman–Crippen LogP) is 2.17. The van der Waals surface area contributed by atoms with Gasteiger partial charge in [0.05, 0.1) is 12.3 Å². The van der Waals surface area contributed by atoms with Crippen LogP contribution in [0.1, 0.15) is 38.2 Å². The highest BCUT2D eigenvalue weighted by atomic mass is 16.6. The smallest absolute Gasteiger partial charge is 0.264 e. The van der Waals surface area contributed by atoms with Crippen LogP contribution in [-0.2, 0) is 9.63 Å². The zero-order valence-corrected chi connectivity index (χ0v) is 15.0. The summed E-state index contributed by atoms with van der Waals surface area (Å²) in [5.41, 5.74) is 1.39. The molecule has 2 aliphatic rings. The Bertz CT molecular complexity index is 621. The number of rotatable bonds is 6. The van der Waals surface area contributed by atoms with Crippen LogP contribution in [-0.4, -0.2) is 43.0 Å². The van der Waals surface area contributed by atoms with E-state index >= 15 is 0 Å². The van der Waals surface area contributed by atoms with Crippen molar-refractivity contribution in [3.8, 4) is 5.75 Å². The lowest BCUT2D eigenvalue weighted by Gasteiger charge is -2.36. The van der Waals surface area contributed by atoms with Crippen LogP contribution in [0.2, 0.25) is 0 Å². The molecule has 0 aliphatic carbocycles. The van der Waals surface area contributed by atoms with Gasteiger partial charge in [-0.05, 0) is 38.6 Å². The van der Waals surface area contributed by atoms with E-state index in [1.165, 1.54) is 5.56 Å². The minimum Gasteiger partial charge on any atom is -0.477 e. The van der Waals surface area contributed by atoms with E-state index < -0.39 is 5.60 Å². The Morgan fingerprint density at radius 2 is 2.08 bits per heavy atom. The molecule has 3 rings (SSSR count). The fraction of sp³-hybridized carbons (Fsp3) is 0.579. The first-order chi connectivity index (χ1) is 12.1. The molecule has 0 spiro atoms. The Hall–Kier alpha value is -2.08. The second-order valence-corrected chi connectivity index (χ2v) is 6.81.